The summed E-state index contributed by atoms with van der Waals surface area (Å²) in [4.78, 5) is 10.9. The van der Waals surface area contributed by atoms with Crippen molar-refractivity contribution < 1.29 is 13.9 Å². The van der Waals surface area contributed by atoms with E-state index in [0.717, 1.165) is 0 Å². The number of carbonyl (C=O) groups excluding carboxylic acids is 1. The molecule has 0 spiro atoms. The standard InChI is InChI=1S/C11H10ClFO2/c1-2-15-11(14)6-4-8-3-5-9(12)7-10(8)13/h3-7H,2H2,1H3. The molecule has 1 aromatic carbocycles. The molecule has 0 aliphatic carbocycles. The highest BCUT2D eigenvalue weighted by atomic mass is 35.5. The van der Waals surface area contributed by atoms with Gasteiger partial charge in [0.2, 0.25) is 0 Å². The van der Waals surface area contributed by atoms with E-state index in [1.165, 1.54) is 24.3 Å². The largest absolute Gasteiger partial charge is 0.463 e. The van der Waals surface area contributed by atoms with Crippen molar-refractivity contribution in [2.75, 3.05) is 6.61 Å². The van der Waals surface area contributed by atoms with Gasteiger partial charge in [0, 0.05) is 16.7 Å². The summed E-state index contributed by atoms with van der Waals surface area (Å²) in [5, 5.41) is 0.320. The lowest BCUT2D eigenvalue weighted by molar-refractivity contribution is -0.137. The molecule has 0 saturated heterocycles. The number of ether oxygens (including phenoxy) is 1. The van der Waals surface area contributed by atoms with Crippen molar-refractivity contribution in [2.45, 2.75) is 6.92 Å². The zero-order valence-corrected chi connectivity index (χ0v) is 8.92. The van der Waals surface area contributed by atoms with Gasteiger partial charge in [-0.25, -0.2) is 9.18 Å². The van der Waals surface area contributed by atoms with Crippen LogP contribution < -0.4 is 0 Å². The Labute approximate surface area is 92.3 Å². The molecule has 0 fully saturated rings. The Morgan fingerprint density at radius 2 is 2.33 bits per heavy atom. The van der Waals surface area contributed by atoms with Crippen LogP contribution >= 0.6 is 11.6 Å². The Balaban J connectivity index is 2.76. The SMILES string of the molecule is CCOC(=O)C=Cc1ccc(Cl)cc1F. The van der Waals surface area contributed by atoms with Gasteiger partial charge in [0.15, 0.2) is 0 Å². The van der Waals surface area contributed by atoms with Crippen molar-refractivity contribution in [1.82, 2.24) is 0 Å². The minimum Gasteiger partial charge on any atom is -0.463 e. The summed E-state index contributed by atoms with van der Waals surface area (Å²) in [6.45, 7) is 2.00. The summed E-state index contributed by atoms with van der Waals surface area (Å²) in [6, 6.07) is 4.23. The predicted molar refractivity (Wildman–Crippen MR) is 57.1 cm³/mol. The van der Waals surface area contributed by atoms with Crippen molar-refractivity contribution in [3.8, 4) is 0 Å². The molecule has 0 saturated carbocycles. The minimum atomic E-state index is -0.494. The summed E-state index contributed by atoms with van der Waals surface area (Å²) in [6.07, 6.45) is 2.53. The number of rotatable bonds is 3. The summed E-state index contributed by atoms with van der Waals surface area (Å²) in [5.41, 5.74) is 0.299. The van der Waals surface area contributed by atoms with E-state index >= 15 is 0 Å². The van der Waals surface area contributed by atoms with E-state index < -0.39 is 11.8 Å². The van der Waals surface area contributed by atoms with Gasteiger partial charge in [0.25, 0.3) is 0 Å². The van der Waals surface area contributed by atoms with Gasteiger partial charge in [-0.3, -0.25) is 0 Å². The van der Waals surface area contributed by atoms with Gasteiger partial charge in [0.1, 0.15) is 5.82 Å². The van der Waals surface area contributed by atoms with Gasteiger partial charge < -0.3 is 4.74 Å². The molecule has 0 atom stereocenters. The topological polar surface area (TPSA) is 26.3 Å². The maximum atomic E-state index is 13.2. The molecule has 0 heterocycles. The first-order valence-electron chi connectivity index (χ1n) is 4.43. The fourth-order valence-corrected chi connectivity index (χ4v) is 1.14. The predicted octanol–water partition coefficient (Wildman–Crippen LogP) is 3.06. The second kappa shape index (κ2) is 5.51. The zero-order valence-electron chi connectivity index (χ0n) is 8.17. The number of carbonyl (C=O) groups is 1. The Bertz CT molecular complexity index is 388. The third-order valence-corrected chi connectivity index (χ3v) is 1.88. The second-order valence-corrected chi connectivity index (χ2v) is 3.19. The van der Waals surface area contributed by atoms with Crippen LogP contribution in [0.5, 0.6) is 0 Å². The van der Waals surface area contributed by atoms with Crippen LogP contribution in [0, 0.1) is 5.82 Å². The van der Waals surface area contributed by atoms with Crippen LogP contribution in [0.3, 0.4) is 0 Å². The molecule has 15 heavy (non-hydrogen) atoms. The Kier molecular flexibility index (Phi) is 4.31. The van der Waals surface area contributed by atoms with Crippen LogP contribution in [0.4, 0.5) is 4.39 Å². The number of hydrogen-bond donors (Lipinski definition) is 0. The summed E-state index contributed by atoms with van der Waals surface area (Å²) >= 11 is 5.57. The lowest BCUT2D eigenvalue weighted by Gasteiger charge is -1.97. The van der Waals surface area contributed by atoms with Gasteiger partial charge in [-0.05, 0) is 25.1 Å². The van der Waals surface area contributed by atoms with Gasteiger partial charge in [-0.15, -0.1) is 0 Å². The number of esters is 1. The maximum Gasteiger partial charge on any atom is 0.330 e. The van der Waals surface area contributed by atoms with Crippen molar-refractivity contribution >= 4 is 23.6 Å². The van der Waals surface area contributed by atoms with Gasteiger partial charge in [-0.2, -0.15) is 0 Å². The Hall–Kier alpha value is -1.35. The lowest BCUT2D eigenvalue weighted by Crippen LogP contribution is -1.98. The minimum absolute atomic E-state index is 0.298. The number of hydrogen-bond acceptors (Lipinski definition) is 2. The molecule has 1 aromatic rings. The molecule has 1 rings (SSSR count). The first kappa shape index (κ1) is 11.7. The van der Waals surface area contributed by atoms with Crippen LogP contribution in [0.25, 0.3) is 6.08 Å². The van der Waals surface area contributed by atoms with Crippen LogP contribution in [0.1, 0.15) is 12.5 Å². The molecule has 0 aliphatic heterocycles. The highest BCUT2D eigenvalue weighted by molar-refractivity contribution is 6.30. The van der Waals surface area contributed by atoms with E-state index in [-0.39, 0.29) is 0 Å². The third-order valence-electron chi connectivity index (χ3n) is 1.65. The van der Waals surface area contributed by atoms with E-state index in [4.69, 9.17) is 11.6 Å². The van der Waals surface area contributed by atoms with Crippen molar-refractivity contribution in [1.29, 1.82) is 0 Å². The first-order chi connectivity index (χ1) is 7.13. The molecule has 4 heteroatoms. The molecule has 0 unspecified atom stereocenters. The molecule has 2 nitrogen and oxygen atoms in total. The average Bonchev–Trinajstić information content (AvgIpc) is 2.17. The Morgan fingerprint density at radius 3 is 2.93 bits per heavy atom. The van der Waals surface area contributed by atoms with Crippen molar-refractivity contribution in [3.05, 3.63) is 40.7 Å². The van der Waals surface area contributed by atoms with Gasteiger partial charge in [0.05, 0.1) is 6.61 Å². The van der Waals surface area contributed by atoms with E-state index in [1.807, 2.05) is 0 Å². The average molecular weight is 229 g/mol. The summed E-state index contributed by atoms with van der Waals surface area (Å²) in [7, 11) is 0. The molecule has 0 aromatic heterocycles. The van der Waals surface area contributed by atoms with Crippen LogP contribution in [0.15, 0.2) is 24.3 Å². The van der Waals surface area contributed by atoms with Gasteiger partial charge >= 0.3 is 5.97 Å². The number of halogens is 2. The smallest absolute Gasteiger partial charge is 0.330 e. The molecule has 0 amide bonds. The molecule has 80 valence electrons. The highest BCUT2D eigenvalue weighted by Crippen LogP contribution is 2.15. The van der Waals surface area contributed by atoms with Crippen LogP contribution in [0.2, 0.25) is 5.02 Å². The van der Waals surface area contributed by atoms with Crippen molar-refractivity contribution in [3.63, 3.8) is 0 Å². The normalized spacial score (nSPS) is 10.6. The van der Waals surface area contributed by atoms with E-state index in [1.54, 1.807) is 13.0 Å². The van der Waals surface area contributed by atoms with Crippen LogP contribution in [-0.2, 0) is 9.53 Å². The maximum absolute atomic E-state index is 13.2. The molecule has 0 bridgehead atoms. The molecule has 0 N–H and O–H groups in total. The quantitative estimate of drug-likeness (QED) is 0.587. The molecule has 0 aliphatic rings. The molecule has 0 radical (unpaired) electrons. The summed E-state index contributed by atoms with van der Waals surface area (Å²) in [5.74, 6) is -0.963. The fourth-order valence-electron chi connectivity index (χ4n) is 0.985. The molecular weight excluding hydrogens is 219 g/mol. The molecular formula is C11H10ClFO2. The summed E-state index contributed by atoms with van der Waals surface area (Å²) < 4.78 is 17.9. The Morgan fingerprint density at radius 1 is 1.60 bits per heavy atom. The van der Waals surface area contributed by atoms with Crippen LogP contribution in [-0.4, -0.2) is 12.6 Å². The second-order valence-electron chi connectivity index (χ2n) is 2.75. The number of benzene rings is 1. The highest BCUT2D eigenvalue weighted by Gasteiger charge is 2.00. The zero-order chi connectivity index (χ0) is 11.3. The van der Waals surface area contributed by atoms with E-state index in [9.17, 15) is 9.18 Å². The lowest BCUT2D eigenvalue weighted by atomic mass is 10.2. The van der Waals surface area contributed by atoms with E-state index in [2.05, 4.69) is 4.74 Å². The monoisotopic (exact) mass is 228 g/mol. The fraction of sp³-hybridized carbons (Fsp3) is 0.182. The van der Waals surface area contributed by atoms with E-state index in [0.29, 0.717) is 17.2 Å². The van der Waals surface area contributed by atoms with Gasteiger partial charge in [-0.1, -0.05) is 17.7 Å². The first-order valence-corrected chi connectivity index (χ1v) is 4.81. The van der Waals surface area contributed by atoms with Crippen molar-refractivity contribution in [2.24, 2.45) is 0 Å². The third kappa shape index (κ3) is 3.72.